The van der Waals surface area contributed by atoms with Crippen molar-refractivity contribution in [3.05, 3.63) is 64.4 Å². The summed E-state index contributed by atoms with van der Waals surface area (Å²) in [5, 5.41) is 3.87. The van der Waals surface area contributed by atoms with Gasteiger partial charge in [0.05, 0.1) is 0 Å². The van der Waals surface area contributed by atoms with Crippen LogP contribution in [0.2, 0.25) is 5.02 Å². The predicted molar refractivity (Wildman–Crippen MR) is 84.9 cm³/mol. The van der Waals surface area contributed by atoms with E-state index in [0.717, 1.165) is 16.1 Å². The van der Waals surface area contributed by atoms with Crippen LogP contribution in [0.5, 0.6) is 0 Å². The summed E-state index contributed by atoms with van der Waals surface area (Å²) in [6, 6.07) is 13.0. The highest BCUT2D eigenvalue weighted by atomic mass is 35.5. The summed E-state index contributed by atoms with van der Waals surface area (Å²) in [4.78, 5) is 0.689. The Balaban J connectivity index is 2.23. The summed E-state index contributed by atoms with van der Waals surface area (Å²) in [7, 11) is 1.87. The van der Waals surface area contributed by atoms with E-state index in [1.165, 1.54) is 17.8 Å². The standard InChI is InChI=1S/C16H17ClFNS/c1-11(19-2)13-7-5-9-15(18)16(13)20-10-12-6-3-4-8-14(12)17/h3-9,11,19H,10H2,1-2H3. The highest BCUT2D eigenvalue weighted by molar-refractivity contribution is 7.98. The lowest BCUT2D eigenvalue weighted by atomic mass is 10.1. The van der Waals surface area contributed by atoms with Crippen LogP contribution >= 0.6 is 23.4 Å². The third-order valence-corrected chi connectivity index (χ3v) is 4.77. The van der Waals surface area contributed by atoms with E-state index in [1.807, 2.05) is 44.3 Å². The van der Waals surface area contributed by atoms with E-state index in [9.17, 15) is 4.39 Å². The van der Waals surface area contributed by atoms with Crippen LogP contribution in [0, 0.1) is 5.82 Å². The van der Waals surface area contributed by atoms with Crippen molar-refractivity contribution in [2.75, 3.05) is 7.05 Å². The third kappa shape index (κ3) is 3.54. The molecular formula is C16H17ClFNS. The lowest BCUT2D eigenvalue weighted by Gasteiger charge is -2.16. The minimum Gasteiger partial charge on any atom is -0.313 e. The van der Waals surface area contributed by atoms with Crippen LogP contribution < -0.4 is 5.32 Å². The van der Waals surface area contributed by atoms with Gasteiger partial charge < -0.3 is 5.32 Å². The van der Waals surface area contributed by atoms with Crippen molar-refractivity contribution < 1.29 is 4.39 Å². The first-order valence-electron chi connectivity index (χ1n) is 6.45. The number of hydrogen-bond donors (Lipinski definition) is 1. The molecule has 1 nitrogen and oxygen atoms in total. The molecule has 0 aliphatic rings. The van der Waals surface area contributed by atoms with Gasteiger partial charge in [0, 0.05) is 21.7 Å². The van der Waals surface area contributed by atoms with Crippen molar-refractivity contribution in [2.24, 2.45) is 0 Å². The first-order valence-corrected chi connectivity index (χ1v) is 7.81. The minimum atomic E-state index is -0.179. The van der Waals surface area contributed by atoms with Gasteiger partial charge >= 0.3 is 0 Å². The average molecular weight is 310 g/mol. The van der Waals surface area contributed by atoms with Crippen LogP contribution in [0.15, 0.2) is 47.4 Å². The Morgan fingerprint density at radius 1 is 1.20 bits per heavy atom. The molecule has 0 aliphatic carbocycles. The molecule has 2 aromatic carbocycles. The lowest BCUT2D eigenvalue weighted by molar-refractivity contribution is 0.576. The Kier molecular flexibility index (Phi) is 5.46. The Morgan fingerprint density at radius 3 is 2.65 bits per heavy atom. The number of thioether (sulfide) groups is 1. The van der Waals surface area contributed by atoms with Crippen molar-refractivity contribution in [1.29, 1.82) is 0 Å². The molecule has 0 saturated carbocycles. The molecule has 20 heavy (non-hydrogen) atoms. The summed E-state index contributed by atoms with van der Waals surface area (Å²) < 4.78 is 14.1. The van der Waals surface area contributed by atoms with Crippen LogP contribution in [0.25, 0.3) is 0 Å². The number of halogens is 2. The summed E-state index contributed by atoms with van der Waals surface area (Å²) >= 11 is 7.63. The van der Waals surface area contributed by atoms with E-state index in [4.69, 9.17) is 11.6 Å². The lowest BCUT2D eigenvalue weighted by Crippen LogP contribution is -2.13. The molecule has 0 heterocycles. The second-order valence-electron chi connectivity index (χ2n) is 4.55. The highest BCUT2D eigenvalue weighted by Crippen LogP contribution is 2.33. The van der Waals surface area contributed by atoms with Gasteiger partial charge in [-0.05, 0) is 37.2 Å². The van der Waals surface area contributed by atoms with E-state index >= 15 is 0 Å². The number of rotatable bonds is 5. The van der Waals surface area contributed by atoms with Crippen molar-refractivity contribution in [2.45, 2.75) is 23.6 Å². The molecule has 2 aromatic rings. The molecule has 0 aromatic heterocycles. The topological polar surface area (TPSA) is 12.0 Å². The molecule has 2 rings (SSSR count). The van der Waals surface area contributed by atoms with Gasteiger partial charge in [-0.1, -0.05) is 41.9 Å². The Labute approximate surface area is 128 Å². The smallest absolute Gasteiger partial charge is 0.137 e. The molecule has 0 bridgehead atoms. The van der Waals surface area contributed by atoms with Gasteiger partial charge in [0.25, 0.3) is 0 Å². The fraction of sp³-hybridized carbons (Fsp3) is 0.250. The molecule has 0 spiro atoms. The summed E-state index contributed by atoms with van der Waals surface area (Å²) in [5.74, 6) is 0.478. The maximum Gasteiger partial charge on any atom is 0.137 e. The van der Waals surface area contributed by atoms with E-state index < -0.39 is 0 Å². The van der Waals surface area contributed by atoms with Gasteiger partial charge in [0.1, 0.15) is 5.82 Å². The molecule has 0 fully saturated rings. The second kappa shape index (κ2) is 7.11. The maximum absolute atomic E-state index is 14.1. The van der Waals surface area contributed by atoms with E-state index in [-0.39, 0.29) is 11.9 Å². The fourth-order valence-electron chi connectivity index (χ4n) is 1.94. The van der Waals surface area contributed by atoms with Gasteiger partial charge in [0.2, 0.25) is 0 Å². The molecule has 1 atom stereocenters. The molecule has 1 unspecified atom stereocenters. The summed E-state index contributed by atoms with van der Waals surface area (Å²) in [5.41, 5.74) is 2.00. The molecule has 0 radical (unpaired) electrons. The van der Waals surface area contributed by atoms with Gasteiger partial charge in [-0.15, -0.1) is 11.8 Å². The van der Waals surface area contributed by atoms with Gasteiger partial charge in [-0.2, -0.15) is 0 Å². The zero-order chi connectivity index (χ0) is 14.5. The molecule has 1 N–H and O–H groups in total. The monoisotopic (exact) mass is 309 g/mol. The van der Waals surface area contributed by atoms with Crippen LogP contribution in [-0.2, 0) is 5.75 Å². The van der Waals surface area contributed by atoms with Crippen molar-refractivity contribution in [3.8, 4) is 0 Å². The number of hydrogen-bond acceptors (Lipinski definition) is 2. The molecule has 0 aliphatic heterocycles. The average Bonchev–Trinajstić information content (AvgIpc) is 2.46. The molecule has 0 amide bonds. The van der Waals surface area contributed by atoms with E-state index in [0.29, 0.717) is 10.6 Å². The Bertz CT molecular complexity index is 588. The first kappa shape index (κ1) is 15.4. The second-order valence-corrected chi connectivity index (χ2v) is 5.94. The largest absolute Gasteiger partial charge is 0.313 e. The van der Waals surface area contributed by atoms with Gasteiger partial charge in [-0.25, -0.2) is 4.39 Å². The van der Waals surface area contributed by atoms with Crippen LogP contribution in [-0.4, -0.2) is 7.05 Å². The maximum atomic E-state index is 14.1. The van der Waals surface area contributed by atoms with Crippen molar-refractivity contribution in [3.63, 3.8) is 0 Å². The van der Waals surface area contributed by atoms with Crippen molar-refractivity contribution in [1.82, 2.24) is 5.32 Å². The predicted octanol–water partition coefficient (Wildman–Crippen LogP) is 5.05. The molecule has 106 valence electrons. The van der Waals surface area contributed by atoms with Crippen molar-refractivity contribution >= 4 is 23.4 Å². The van der Waals surface area contributed by atoms with E-state index in [2.05, 4.69) is 5.32 Å². The molecular weight excluding hydrogens is 293 g/mol. The summed E-state index contributed by atoms with van der Waals surface area (Å²) in [6.07, 6.45) is 0. The summed E-state index contributed by atoms with van der Waals surface area (Å²) in [6.45, 7) is 2.02. The quantitative estimate of drug-likeness (QED) is 0.775. The zero-order valence-electron chi connectivity index (χ0n) is 11.5. The zero-order valence-corrected chi connectivity index (χ0v) is 13.1. The number of nitrogens with one attached hydrogen (secondary N) is 1. The molecule has 0 saturated heterocycles. The third-order valence-electron chi connectivity index (χ3n) is 3.23. The first-order chi connectivity index (χ1) is 9.63. The van der Waals surface area contributed by atoms with Crippen LogP contribution in [0.4, 0.5) is 4.39 Å². The van der Waals surface area contributed by atoms with Gasteiger partial charge in [0.15, 0.2) is 0 Å². The van der Waals surface area contributed by atoms with Crippen LogP contribution in [0.1, 0.15) is 24.1 Å². The molecule has 4 heteroatoms. The fourth-order valence-corrected chi connectivity index (χ4v) is 3.39. The highest BCUT2D eigenvalue weighted by Gasteiger charge is 2.14. The minimum absolute atomic E-state index is 0.111. The van der Waals surface area contributed by atoms with Crippen LogP contribution in [0.3, 0.4) is 0 Å². The number of benzene rings is 2. The van der Waals surface area contributed by atoms with Gasteiger partial charge in [-0.3, -0.25) is 0 Å². The SMILES string of the molecule is CNC(C)c1cccc(F)c1SCc1ccccc1Cl. The Hall–Kier alpha value is -1.03. The Morgan fingerprint density at radius 2 is 1.95 bits per heavy atom. The normalized spacial score (nSPS) is 12.4. The van der Waals surface area contributed by atoms with E-state index in [1.54, 1.807) is 6.07 Å².